The predicted octanol–water partition coefficient (Wildman–Crippen LogP) is 1.97. The van der Waals surface area contributed by atoms with E-state index in [4.69, 9.17) is 0 Å². The maximum atomic E-state index is 13.5. The van der Waals surface area contributed by atoms with Gasteiger partial charge in [-0.05, 0) is 78.0 Å². The number of likely N-dealkylation sites (tertiary alicyclic amines) is 2. The van der Waals surface area contributed by atoms with Crippen molar-refractivity contribution in [3.8, 4) is 0 Å². The molecule has 0 bridgehead atoms. The van der Waals surface area contributed by atoms with Crippen LogP contribution < -0.4 is 10.6 Å². The lowest BCUT2D eigenvalue weighted by Crippen LogP contribution is -2.65. The van der Waals surface area contributed by atoms with E-state index in [1.165, 1.54) is 25.9 Å². The molecular weight excluding hydrogens is 312 g/mol. The van der Waals surface area contributed by atoms with Crippen LogP contribution in [-0.4, -0.2) is 72.6 Å². The Morgan fingerprint density at radius 2 is 1.80 bits per heavy atom. The highest BCUT2D eigenvalue weighted by molar-refractivity contribution is 5.86. The zero-order chi connectivity index (χ0) is 17.7. The van der Waals surface area contributed by atoms with Crippen LogP contribution in [0.5, 0.6) is 0 Å². The summed E-state index contributed by atoms with van der Waals surface area (Å²) in [5.74, 6) is 0.372. The monoisotopic (exact) mass is 350 g/mol. The van der Waals surface area contributed by atoms with Crippen molar-refractivity contribution in [3.05, 3.63) is 0 Å². The summed E-state index contributed by atoms with van der Waals surface area (Å²) in [6, 6.07) is 1.12. The summed E-state index contributed by atoms with van der Waals surface area (Å²) in [6.45, 7) is 10.8. The first-order valence-electron chi connectivity index (χ1n) is 10.7. The van der Waals surface area contributed by atoms with Crippen LogP contribution >= 0.6 is 0 Å². The predicted molar refractivity (Wildman–Crippen MR) is 103 cm³/mol. The third kappa shape index (κ3) is 4.55. The lowest BCUT2D eigenvalue weighted by molar-refractivity contribution is -0.141. The van der Waals surface area contributed by atoms with Gasteiger partial charge in [-0.1, -0.05) is 13.3 Å². The highest BCUT2D eigenvalue weighted by Crippen LogP contribution is 2.27. The number of carbonyl (C=O) groups excluding carboxylic acids is 1. The van der Waals surface area contributed by atoms with Gasteiger partial charge in [-0.25, -0.2) is 0 Å². The van der Waals surface area contributed by atoms with E-state index >= 15 is 0 Å². The topological polar surface area (TPSA) is 47.6 Å². The first-order valence-corrected chi connectivity index (χ1v) is 10.7. The molecule has 3 aliphatic rings. The Kier molecular flexibility index (Phi) is 6.75. The van der Waals surface area contributed by atoms with Crippen LogP contribution in [0.3, 0.4) is 0 Å². The Morgan fingerprint density at radius 1 is 1.16 bits per heavy atom. The van der Waals surface area contributed by atoms with Crippen molar-refractivity contribution in [1.82, 2.24) is 20.4 Å². The molecule has 3 rings (SSSR count). The molecule has 0 saturated carbocycles. The van der Waals surface area contributed by atoms with E-state index in [1.807, 2.05) is 0 Å². The molecule has 0 aromatic heterocycles. The molecule has 0 aromatic rings. The number of amides is 1. The zero-order valence-electron chi connectivity index (χ0n) is 16.4. The summed E-state index contributed by atoms with van der Waals surface area (Å²) < 4.78 is 0. The van der Waals surface area contributed by atoms with Gasteiger partial charge in [-0.3, -0.25) is 4.79 Å². The van der Waals surface area contributed by atoms with Crippen LogP contribution in [0.2, 0.25) is 0 Å². The maximum absolute atomic E-state index is 13.5. The molecule has 2 N–H and O–H groups in total. The molecule has 1 atom stereocenters. The Balaban J connectivity index is 1.60. The number of hydrogen-bond acceptors (Lipinski definition) is 4. The molecule has 0 aliphatic carbocycles. The molecule has 3 fully saturated rings. The van der Waals surface area contributed by atoms with Gasteiger partial charge in [0.15, 0.2) is 0 Å². The molecular formula is C20H38N4O. The van der Waals surface area contributed by atoms with Gasteiger partial charge in [0.25, 0.3) is 0 Å². The fourth-order valence-corrected chi connectivity index (χ4v) is 5.09. The standard InChI is InChI=1S/C20H38N4O/c1-3-6-17(2)22-20(9-11-21-12-10-20)19(25)24-15-7-18(8-16-24)23-13-4-5-14-23/h17-18,21-22H,3-16H2,1-2H3. The van der Waals surface area contributed by atoms with Gasteiger partial charge in [0.1, 0.15) is 5.54 Å². The van der Waals surface area contributed by atoms with Gasteiger partial charge in [0, 0.05) is 25.2 Å². The van der Waals surface area contributed by atoms with Crippen molar-refractivity contribution in [3.63, 3.8) is 0 Å². The van der Waals surface area contributed by atoms with Crippen LogP contribution in [0.1, 0.15) is 65.2 Å². The highest BCUT2D eigenvalue weighted by Gasteiger charge is 2.43. The molecule has 0 aromatic carbocycles. The lowest BCUT2D eigenvalue weighted by Gasteiger charge is -2.45. The second-order valence-corrected chi connectivity index (χ2v) is 8.43. The average Bonchev–Trinajstić information content (AvgIpc) is 3.17. The SMILES string of the molecule is CCCC(C)NC1(C(=O)N2CCC(N3CCCC3)CC2)CCNCC1. The normalized spacial score (nSPS) is 26.7. The molecule has 0 radical (unpaired) electrons. The number of carbonyl (C=O) groups is 1. The van der Waals surface area contributed by atoms with Crippen molar-refractivity contribution in [1.29, 1.82) is 0 Å². The van der Waals surface area contributed by atoms with Crippen molar-refractivity contribution < 1.29 is 4.79 Å². The minimum Gasteiger partial charge on any atom is -0.341 e. The van der Waals surface area contributed by atoms with Crippen LogP contribution in [-0.2, 0) is 4.79 Å². The minimum absolute atomic E-state index is 0.333. The number of nitrogens with zero attached hydrogens (tertiary/aromatic N) is 2. The third-order valence-corrected chi connectivity index (χ3v) is 6.52. The average molecular weight is 351 g/mol. The fraction of sp³-hybridized carbons (Fsp3) is 0.950. The highest BCUT2D eigenvalue weighted by atomic mass is 16.2. The zero-order valence-corrected chi connectivity index (χ0v) is 16.4. The van der Waals surface area contributed by atoms with Gasteiger partial charge < -0.3 is 20.4 Å². The van der Waals surface area contributed by atoms with Gasteiger partial charge in [0.2, 0.25) is 5.91 Å². The van der Waals surface area contributed by atoms with E-state index in [0.29, 0.717) is 18.0 Å². The Morgan fingerprint density at radius 3 is 2.40 bits per heavy atom. The molecule has 5 nitrogen and oxygen atoms in total. The number of rotatable bonds is 6. The van der Waals surface area contributed by atoms with Crippen LogP contribution in [0.15, 0.2) is 0 Å². The molecule has 25 heavy (non-hydrogen) atoms. The third-order valence-electron chi connectivity index (χ3n) is 6.52. The summed E-state index contributed by atoms with van der Waals surface area (Å²) in [4.78, 5) is 18.3. The van der Waals surface area contributed by atoms with Crippen LogP contribution in [0, 0.1) is 0 Å². The van der Waals surface area contributed by atoms with Crippen molar-refractivity contribution >= 4 is 5.91 Å². The Hall–Kier alpha value is -0.650. The first-order chi connectivity index (χ1) is 12.1. The van der Waals surface area contributed by atoms with E-state index in [0.717, 1.165) is 64.7 Å². The molecule has 3 heterocycles. The summed E-state index contributed by atoms with van der Waals surface area (Å²) in [5.41, 5.74) is -0.333. The Bertz CT molecular complexity index is 421. The molecule has 1 unspecified atom stereocenters. The van der Waals surface area contributed by atoms with Crippen molar-refractivity contribution in [2.75, 3.05) is 39.3 Å². The van der Waals surface area contributed by atoms with E-state index in [2.05, 4.69) is 34.3 Å². The second kappa shape index (κ2) is 8.83. The van der Waals surface area contributed by atoms with E-state index < -0.39 is 0 Å². The molecule has 0 spiro atoms. The lowest BCUT2D eigenvalue weighted by atomic mass is 9.84. The quantitative estimate of drug-likeness (QED) is 0.769. The molecule has 3 saturated heterocycles. The molecule has 3 aliphatic heterocycles. The molecule has 144 valence electrons. The van der Waals surface area contributed by atoms with Crippen molar-refractivity contribution in [2.45, 2.75) is 82.8 Å². The summed E-state index contributed by atoms with van der Waals surface area (Å²) in [5, 5.41) is 7.18. The molecule has 1 amide bonds. The number of nitrogens with one attached hydrogen (secondary N) is 2. The van der Waals surface area contributed by atoms with Gasteiger partial charge in [0.05, 0.1) is 0 Å². The van der Waals surface area contributed by atoms with E-state index in [-0.39, 0.29) is 5.54 Å². The number of hydrogen-bond donors (Lipinski definition) is 2. The van der Waals surface area contributed by atoms with Crippen molar-refractivity contribution in [2.24, 2.45) is 0 Å². The fourth-order valence-electron chi connectivity index (χ4n) is 5.09. The van der Waals surface area contributed by atoms with Crippen LogP contribution in [0.25, 0.3) is 0 Å². The summed E-state index contributed by atoms with van der Waals surface area (Å²) >= 11 is 0. The van der Waals surface area contributed by atoms with Gasteiger partial charge >= 0.3 is 0 Å². The Labute approximate surface area is 153 Å². The smallest absolute Gasteiger partial charge is 0.242 e. The van der Waals surface area contributed by atoms with Gasteiger partial charge in [-0.2, -0.15) is 0 Å². The summed E-state index contributed by atoms with van der Waals surface area (Å²) in [6.07, 6.45) is 9.17. The largest absolute Gasteiger partial charge is 0.341 e. The van der Waals surface area contributed by atoms with E-state index in [1.54, 1.807) is 0 Å². The minimum atomic E-state index is -0.333. The van der Waals surface area contributed by atoms with Gasteiger partial charge in [-0.15, -0.1) is 0 Å². The number of piperidine rings is 2. The van der Waals surface area contributed by atoms with E-state index in [9.17, 15) is 4.79 Å². The second-order valence-electron chi connectivity index (χ2n) is 8.43. The summed E-state index contributed by atoms with van der Waals surface area (Å²) in [7, 11) is 0. The first kappa shape index (κ1) is 19.1. The molecule has 5 heteroatoms. The van der Waals surface area contributed by atoms with Crippen LogP contribution in [0.4, 0.5) is 0 Å². The maximum Gasteiger partial charge on any atom is 0.242 e.